The van der Waals surface area contributed by atoms with Gasteiger partial charge >= 0.3 is 5.97 Å². The number of carbonyl (C=O) groups is 2. The number of halogens is 1. The van der Waals surface area contributed by atoms with Gasteiger partial charge in [0.1, 0.15) is 12.4 Å². The van der Waals surface area contributed by atoms with Gasteiger partial charge in [-0.05, 0) is 18.2 Å². The zero-order valence-corrected chi connectivity index (χ0v) is 15.9. The molecule has 0 bridgehead atoms. The van der Waals surface area contributed by atoms with Crippen LogP contribution in [0, 0.1) is 5.82 Å². The number of anilines is 2. The van der Waals surface area contributed by atoms with Crippen LogP contribution in [0.15, 0.2) is 52.8 Å². The first-order chi connectivity index (χ1) is 13.4. The first kappa shape index (κ1) is 19.4. The smallest absolute Gasteiger partial charge is 0.338 e. The number of para-hydroxylation sites is 1. The van der Waals surface area contributed by atoms with Gasteiger partial charge in [-0.15, -0.1) is 11.3 Å². The van der Waals surface area contributed by atoms with Crippen molar-refractivity contribution in [3.63, 3.8) is 0 Å². The number of pyridine rings is 1. The molecule has 0 N–H and O–H groups in total. The molecule has 0 aliphatic rings. The average molecular weight is 401 g/mol. The number of rotatable bonds is 5. The Morgan fingerprint density at radius 2 is 2.04 bits per heavy atom. The second-order valence-electron chi connectivity index (χ2n) is 5.87. The molecule has 9 heteroatoms. The van der Waals surface area contributed by atoms with Crippen molar-refractivity contribution in [2.75, 3.05) is 4.90 Å². The van der Waals surface area contributed by atoms with Crippen LogP contribution in [0.25, 0.3) is 0 Å². The summed E-state index contributed by atoms with van der Waals surface area (Å²) in [5.74, 6) is -1.61. The second kappa shape index (κ2) is 8.13. The third-order valence-electron chi connectivity index (χ3n) is 3.83. The number of nitrogens with zero attached hydrogens (tertiary/aromatic N) is 3. The molecule has 0 unspecified atom stereocenters. The number of ether oxygens (including phenoxy) is 1. The van der Waals surface area contributed by atoms with Crippen molar-refractivity contribution in [2.45, 2.75) is 13.5 Å². The molecule has 0 saturated heterocycles. The third-order valence-corrected chi connectivity index (χ3v) is 4.70. The fraction of sp³-hybridized carbons (Fsp3) is 0.158. The molecule has 1 amide bonds. The Labute approximate surface area is 163 Å². The molecule has 144 valence electrons. The van der Waals surface area contributed by atoms with E-state index in [9.17, 15) is 18.8 Å². The molecule has 3 aromatic rings. The number of esters is 1. The molecule has 2 aromatic heterocycles. The van der Waals surface area contributed by atoms with E-state index in [2.05, 4.69) is 4.98 Å². The normalized spacial score (nSPS) is 10.5. The highest BCUT2D eigenvalue weighted by atomic mass is 32.1. The summed E-state index contributed by atoms with van der Waals surface area (Å²) < 4.78 is 20.6. The van der Waals surface area contributed by atoms with Crippen LogP contribution in [-0.2, 0) is 23.2 Å². The molecule has 0 radical (unpaired) electrons. The largest absolute Gasteiger partial charge is 0.456 e. The van der Waals surface area contributed by atoms with Crippen molar-refractivity contribution in [3.05, 3.63) is 75.4 Å². The van der Waals surface area contributed by atoms with E-state index in [1.165, 1.54) is 48.0 Å². The Kier molecular flexibility index (Phi) is 5.65. The molecular formula is C19H16FN3O4S. The van der Waals surface area contributed by atoms with E-state index in [0.29, 0.717) is 5.69 Å². The van der Waals surface area contributed by atoms with Gasteiger partial charge in [0.15, 0.2) is 5.13 Å². The Morgan fingerprint density at radius 3 is 2.71 bits per heavy atom. The highest BCUT2D eigenvalue weighted by Crippen LogP contribution is 2.30. The van der Waals surface area contributed by atoms with Gasteiger partial charge < -0.3 is 9.30 Å². The van der Waals surface area contributed by atoms with Crippen molar-refractivity contribution in [3.8, 4) is 0 Å². The van der Waals surface area contributed by atoms with Crippen LogP contribution in [0.2, 0.25) is 0 Å². The van der Waals surface area contributed by atoms with Crippen LogP contribution < -0.4 is 10.5 Å². The summed E-state index contributed by atoms with van der Waals surface area (Å²) in [7, 11) is 1.57. The maximum Gasteiger partial charge on any atom is 0.338 e. The molecule has 0 aliphatic carbocycles. The van der Waals surface area contributed by atoms with Crippen LogP contribution in [0.4, 0.5) is 15.2 Å². The third kappa shape index (κ3) is 4.15. The lowest BCUT2D eigenvalue weighted by Crippen LogP contribution is -2.23. The molecule has 1 aromatic carbocycles. The topological polar surface area (TPSA) is 81.5 Å². The van der Waals surface area contributed by atoms with Crippen molar-refractivity contribution in [1.82, 2.24) is 9.55 Å². The fourth-order valence-corrected chi connectivity index (χ4v) is 3.27. The molecule has 7 nitrogen and oxygen atoms in total. The van der Waals surface area contributed by atoms with E-state index in [1.54, 1.807) is 18.5 Å². The summed E-state index contributed by atoms with van der Waals surface area (Å²) in [5.41, 5.74) is 0.301. The molecule has 28 heavy (non-hydrogen) atoms. The fourth-order valence-electron chi connectivity index (χ4n) is 2.40. The quantitative estimate of drug-likeness (QED) is 0.614. The lowest BCUT2D eigenvalue weighted by atomic mass is 10.3. The Morgan fingerprint density at radius 1 is 1.29 bits per heavy atom. The van der Waals surface area contributed by atoms with E-state index in [1.807, 2.05) is 0 Å². The standard InChI is InChI=1S/C19H16FN3O4S/c1-12(24)23(16-6-4-3-5-15(16)20)19-21-14(11-28-19)10-27-18(26)13-7-8-22(2)17(25)9-13/h3-9,11H,10H2,1-2H3. The highest BCUT2D eigenvalue weighted by Gasteiger charge is 2.21. The van der Waals surface area contributed by atoms with Crippen LogP contribution in [0.1, 0.15) is 23.0 Å². The number of amides is 1. The number of hydrogen-bond donors (Lipinski definition) is 0. The lowest BCUT2D eigenvalue weighted by molar-refractivity contribution is -0.115. The molecule has 2 heterocycles. The van der Waals surface area contributed by atoms with Gasteiger partial charge in [-0.3, -0.25) is 14.5 Å². The summed E-state index contributed by atoms with van der Waals surface area (Å²) in [4.78, 5) is 41.1. The Bertz CT molecular complexity index is 1090. The maximum atomic E-state index is 14.1. The van der Waals surface area contributed by atoms with Crippen LogP contribution >= 0.6 is 11.3 Å². The van der Waals surface area contributed by atoms with E-state index < -0.39 is 17.7 Å². The van der Waals surface area contributed by atoms with E-state index in [0.717, 1.165) is 16.2 Å². The average Bonchev–Trinajstić information content (AvgIpc) is 3.12. The first-order valence-electron chi connectivity index (χ1n) is 8.20. The number of benzene rings is 1. The molecular weight excluding hydrogens is 385 g/mol. The second-order valence-corrected chi connectivity index (χ2v) is 6.70. The van der Waals surface area contributed by atoms with Crippen molar-refractivity contribution < 1.29 is 18.7 Å². The summed E-state index contributed by atoms with van der Waals surface area (Å²) in [6.45, 7) is 1.16. The molecule has 0 spiro atoms. The Balaban J connectivity index is 1.75. The van der Waals surface area contributed by atoms with Gasteiger partial charge in [0.2, 0.25) is 5.91 Å². The van der Waals surface area contributed by atoms with Gasteiger partial charge in [-0.2, -0.15) is 0 Å². The minimum absolute atomic E-state index is 0.0908. The summed E-state index contributed by atoms with van der Waals surface area (Å²) in [5, 5.41) is 1.88. The molecule has 0 aliphatic heterocycles. The summed E-state index contributed by atoms with van der Waals surface area (Å²) in [6, 6.07) is 8.55. The monoisotopic (exact) mass is 401 g/mol. The molecule has 0 saturated carbocycles. The minimum Gasteiger partial charge on any atom is -0.456 e. The van der Waals surface area contributed by atoms with E-state index in [-0.39, 0.29) is 28.5 Å². The summed E-state index contributed by atoms with van der Waals surface area (Å²) >= 11 is 1.12. The van der Waals surface area contributed by atoms with Gasteiger partial charge in [0.05, 0.1) is 16.9 Å². The van der Waals surface area contributed by atoms with Crippen molar-refractivity contribution >= 4 is 34.0 Å². The first-order valence-corrected chi connectivity index (χ1v) is 9.08. The highest BCUT2D eigenvalue weighted by molar-refractivity contribution is 7.14. The SMILES string of the molecule is CC(=O)N(c1nc(COC(=O)c2ccn(C)c(=O)c2)cs1)c1ccccc1F. The van der Waals surface area contributed by atoms with E-state index >= 15 is 0 Å². The number of hydrogen-bond acceptors (Lipinski definition) is 6. The number of aryl methyl sites for hydroxylation is 1. The van der Waals surface area contributed by atoms with Crippen molar-refractivity contribution in [1.29, 1.82) is 0 Å². The van der Waals surface area contributed by atoms with Crippen molar-refractivity contribution in [2.24, 2.45) is 7.05 Å². The van der Waals surface area contributed by atoms with Crippen LogP contribution in [0.5, 0.6) is 0 Å². The van der Waals surface area contributed by atoms with Gasteiger partial charge in [-0.25, -0.2) is 14.2 Å². The maximum absolute atomic E-state index is 14.1. The zero-order chi connectivity index (χ0) is 20.3. The summed E-state index contributed by atoms with van der Waals surface area (Å²) in [6.07, 6.45) is 1.47. The predicted octanol–water partition coefficient (Wildman–Crippen LogP) is 3.02. The molecule has 0 fully saturated rings. The van der Waals surface area contributed by atoms with E-state index in [4.69, 9.17) is 4.74 Å². The number of carbonyl (C=O) groups excluding carboxylic acids is 2. The lowest BCUT2D eigenvalue weighted by Gasteiger charge is -2.18. The van der Waals surface area contributed by atoms with Gasteiger partial charge in [0.25, 0.3) is 5.56 Å². The zero-order valence-electron chi connectivity index (χ0n) is 15.1. The molecule has 0 atom stereocenters. The number of thiazole rings is 1. The van der Waals surface area contributed by atoms with Crippen LogP contribution in [-0.4, -0.2) is 21.4 Å². The van der Waals surface area contributed by atoms with Gasteiger partial charge in [0, 0.05) is 31.6 Å². The predicted molar refractivity (Wildman–Crippen MR) is 102 cm³/mol. The van der Waals surface area contributed by atoms with Crippen LogP contribution in [0.3, 0.4) is 0 Å². The Hall–Kier alpha value is -3.33. The minimum atomic E-state index is -0.662. The molecule has 3 rings (SSSR count). The van der Waals surface area contributed by atoms with Gasteiger partial charge in [-0.1, -0.05) is 12.1 Å². The number of aromatic nitrogens is 2.